The Morgan fingerprint density at radius 1 is 1.27 bits per heavy atom. The molecule has 4 nitrogen and oxygen atoms in total. The van der Waals surface area contributed by atoms with E-state index in [9.17, 15) is 5.11 Å². The third-order valence-electron chi connectivity index (χ3n) is 6.30. The molecule has 0 radical (unpaired) electrons. The summed E-state index contributed by atoms with van der Waals surface area (Å²) >= 11 is 0. The number of ether oxygens (including phenoxy) is 2. The lowest BCUT2D eigenvalue weighted by Gasteiger charge is -2.56. The smallest absolute Gasteiger partial charge is 0.118 e. The predicted octanol–water partition coefficient (Wildman–Crippen LogP) is 3.50. The summed E-state index contributed by atoms with van der Waals surface area (Å²) in [4.78, 5) is 2.12. The van der Waals surface area contributed by atoms with Gasteiger partial charge >= 0.3 is 0 Å². The van der Waals surface area contributed by atoms with Crippen LogP contribution in [-0.4, -0.2) is 50.0 Å². The van der Waals surface area contributed by atoms with Gasteiger partial charge in [-0.1, -0.05) is 32.1 Å². The van der Waals surface area contributed by atoms with Crippen LogP contribution in [0.2, 0.25) is 0 Å². The molecule has 2 bridgehead atoms. The van der Waals surface area contributed by atoms with Gasteiger partial charge in [0.1, 0.15) is 5.75 Å². The van der Waals surface area contributed by atoms with E-state index in [0.29, 0.717) is 31.1 Å². The second-order valence-electron chi connectivity index (χ2n) is 8.54. The summed E-state index contributed by atoms with van der Waals surface area (Å²) in [5.41, 5.74) is 3.08. The molecule has 3 atom stereocenters. The number of fused-ring (bicyclic) bond motifs is 1. The first-order valence-corrected chi connectivity index (χ1v) is 9.66. The van der Waals surface area contributed by atoms with Crippen molar-refractivity contribution in [2.24, 2.45) is 17.3 Å². The van der Waals surface area contributed by atoms with Gasteiger partial charge in [0, 0.05) is 13.1 Å². The van der Waals surface area contributed by atoms with Gasteiger partial charge in [-0.05, 0) is 60.4 Å². The quantitative estimate of drug-likeness (QED) is 0.685. The highest BCUT2D eigenvalue weighted by molar-refractivity contribution is 5.27. The van der Waals surface area contributed by atoms with Crippen molar-refractivity contribution in [1.29, 1.82) is 0 Å². The Morgan fingerprint density at radius 2 is 2.00 bits per heavy atom. The van der Waals surface area contributed by atoms with Crippen molar-refractivity contribution in [2.45, 2.75) is 39.3 Å². The van der Waals surface area contributed by atoms with Gasteiger partial charge < -0.3 is 14.6 Å². The Balaban J connectivity index is 1.37. The summed E-state index contributed by atoms with van der Waals surface area (Å²) in [5, 5.41) is 10.3. The topological polar surface area (TPSA) is 41.9 Å². The van der Waals surface area contributed by atoms with Crippen LogP contribution in [0.5, 0.6) is 5.75 Å². The highest BCUT2D eigenvalue weighted by Gasteiger charge is 2.50. The van der Waals surface area contributed by atoms with Crippen molar-refractivity contribution in [3.63, 3.8) is 0 Å². The number of aliphatic hydroxyl groups is 1. The van der Waals surface area contributed by atoms with Gasteiger partial charge in [0.15, 0.2) is 0 Å². The third-order valence-corrected chi connectivity index (χ3v) is 6.30. The number of hydrogen-bond acceptors (Lipinski definition) is 4. The van der Waals surface area contributed by atoms with Crippen molar-refractivity contribution in [3.8, 4) is 5.75 Å². The Labute approximate surface area is 157 Å². The van der Waals surface area contributed by atoms with E-state index in [1.54, 1.807) is 7.11 Å². The van der Waals surface area contributed by atoms with E-state index in [2.05, 4.69) is 37.0 Å². The first kappa shape index (κ1) is 19.4. The molecule has 1 aromatic rings. The monoisotopic (exact) mass is 359 g/mol. The molecule has 0 aromatic heterocycles. The minimum atomic E-state index is -0.468. The molecule has 0 spiro atoms. The molecule has 4 heteroatoms. The summed E-state index contributed by atoms with van der Waals surface area (Å²) in [6.45, 7) is 7.20. The van der Waals surface area contributed by atoms with Gasteiger partial charge in [-0.2, -0.15) is 0 Å². The minimum absolute atomic E-state index is 0.390. The van der Waals surface area contributed by atoms with Crippen LogP contribution in [0.4, 0.5) is 0 Å². The van der Waals surface area contributed by atoms with Crippen LogP contribution >= 0.6 is 0 Å². The summed E-state index contributed by atoms with van der Waals surface area (Å²) in [5.74, 6) is 2.40. The number of aliphatic hydroxyl groups excluding tert-OH is 1. The molecule has 4 rings (SSSR count). The molecular weight excluding hydrogens is 326 g/mol. The standard InChI is InChI=1S/C22H33NO3/c1-22(2)18-8-7-17(21(22)11-18)14-26-15-19(24)13-23(3)12-16-5-9-20(25-4)10-6-16/h5-7,9-10,18-19,21,24H,8,11-15H2,1-4H3/t18-,19+,21+/m0/s1. The minimum Gasteiger partial charge on any atom is -0.497 e. The van der Waals surface area contributed by atoms with E-state index in [1.807, 2.05) is 19.2 Å². The summed E-state index contributed by atoms with van der Waals surface area (Å²) < 4.78 is 11.0. The maximum atomic E-state index is 10.3. The summed E-state index contributed by atoms with van der Waals surface area (Å²) in [6.07, 6.45) is 4.40. The van der Waals surface area contributed by atoms with Crippen LogP contribution in [0.1, 0.15) is 32.3 Å². The molecule has 3 aliphatic carbocycles. The Morgan fingerprint density at radius 3 is 2.62 bits per heavy atom. The number of hydrogen-bond donors (Lipinski definition) is 1. The number of allylic oxidation sites excluding steroid dienone is 1. The zero-order valence-electron chi connectivity index (χ0n) is 16.6. The Bertz CT molecular complexity index is 623. The van der Waals surface area contributed by atoms with Crippen molar-refractivity contribution in [3.05, 3.63) is 41.5 Å². The molecule has 26 heavy (non-hydrogen) atoms. The van der Waals surface area contributed by atoms with Crippen molar-refractivity contribution in [1.82, 2.24) is 4.90 Å². The van der Waals surface area contributed by atoms with Crippen LogP contribution in [-0.2, 0) is 11.3 Å². The largest absolute Gasteiger partial charge is 0.497 e. The Kier molecular flexibility index (Phi) is 6.06. The molecule has 0 aliphatic heterocycles. The zero-order chi connectivity index (χ0) is 18.7. The fourth-order valence-electron chi connectivity index (χ4n) is 4.47. The van der Waals surface area contributed by atoms with Crippen molar-refractivity contribution >= 4 is 0 Å². The average Bonchev–Trinajstić information content (AvgIpc) is 2.62. The van der Waals surface area contributed by atoms with Crippen LogP contribution < -0.4 is 4.74 Å². The molecule has 0 heterocycles. The van der Waals surface area contributed by atoms with Crippen LogP contribution in [0.3, 0.4) is 0 Å². The molecule has 0 amide bonds. The second-order valence-corrected chi connectivity index (χ2v) is 8.54. The summed E-state index contributed by atoms with van der Waals surface area (Å²) in [7, 11) is 3.69. The number of methoxy groups -OCH3 is 1. The van der Waals surface area contributed by atoms with Crippen LogP contribution in [0.25, 0.3) is 0 Å². The van der Waals surface area contributed by atoms with Gasteiger partial charge in [0.2, 0.25) is 0 Å². The molecule has 1 fully saturated rings. The number of likely N-dealkylation sites (N-methyl/N-ethyl adjacent to an activating group) is 1. The molecule has 1 aromatic carbocycles. The lowest BCUT2D eigenvalue weighted by atomic mass is 9.49. The van der Waals surface area contributed by atoms with E-state index >= 15 is 0 Å². The molecule has 0 unspecified atom stereocenters. The fourth-order valence-corrected chi connectivity index (χ4v) is 4.47. The average molecular weight is 360 g/mol. The van der Waals surface area contributed by atoms with Gasteiger partial charge in [-0.25, -0.2) is 0 Å². The van der Waals surface area contributed by atoms with Gasteiger partial charge in [-0.3, -0.25) is 4.90 Å². The highest BCUT2D eigenvalue weighted by atomic mass is 16.5. The first-order valence-electron chi connectivity index (χ1n) is 9.66. The lowest BCUT2D eigenvalue weighted by molar-refractivity contribution is -0.0257. The van der Waals surface area contributed by atoms with Gasteiger partial charge in [0.05, 0.1) is 26.4 Å². The SMILES string of the molecule is COc1ccc(CN(C)C[C@@H](O)COCC2=CC[C@H]3C[C@H]2C3(C)C)cc1. The molecule has 1 saturated carbocycles. The van der Waals surface area contributed by atoms with E-state index in [-0.39, 0.29) is 0 Å². The maximum Gasteiger partial charge on any atom is 0.118 e. The second kappa shape index (κ2) is 8.12. The maximum absolute atomic E-state index is 10.3. The van der Waals surface area contributed by atoms with Crippen molar-refractivity contribution in [2.75, 3.05) is 33.9 Å². The number of benzene rings is 1. The van der Waals surface area contributed by atoms with E-state index in [4.69, 9.17) is 9.47 Å². The van der Waals surface area contributed by atoms with Crippen molar-refractivity contribution < 1.29 is 14.6 Å². The zero-order valence-corrected chi connectivity index (χ0v) is 16.6. The molecule has 1 N–H and O–H groups in total. The van der Waals surface area contributed by atoms with E-state index in [1.165, 1.54) is 24.0 Å². The first-order chi connectivity index (χ1) is 12.4. The van der Waals surface area contributed by atoms with Crippen LogP contribution in [0.15, 0.2) is 35.9 Å². The van der Waals surface area contributed by atoms with Gasteiger partial charge in [0.25, 0.3) is 0 Å². The summed E-state index contributed by atoms with van der Waals surface area (Å²) in [6, 6.07) is 8.04. The van der Waals surface area contributed by atoms with Crippen LogP contribution in [0, 0.1) is 17.3 Å². The number of nitrogens with zero attached hydrogens (tertiary/aromatic N) is 1. The fraction of sp³-hybridized carbons (Fsp3) is 0.636. The molecule has 144 valence electrons. The molecule has 0 saturated heterocycles. The lowest BCUT2D eigenvalue weighted by Crippen LogP contribution is -2.48. The highest BCUT2D eigenvalue weighted by Crippen LogP contribution is 2.59. The van der Waals surface area contributed by atoms with E-state index in [0.717, 1.165) is 18.2 Å². The molecule has 3 aliphatic rings. The predicted molar refractivity (Wildman–Crippen MR) is 104 cm³/mol. The Hall–Kier alpha value is -1.36. The van der Waals surface area contributed by atoms with E-state index < -0.39 is 6.10 Å². The normalized spacial score (nSPS) is 24.8. The molecular formula is C22H33NO3. The van der Waals surface area contributed by atoms with Gasteiger partial charge in [-0.15, -0.1) is 0 Å². The number of rotatable bonds is 9. The third kappa shape index (κ3) is 4.30.